The standard InChI is InChI=1S/C23H32N4O8/c1-12(2)20(23(35)24-13(3)21(33)26-16(11-28)10-19(31)32)27-22(34)18(25-14(4)29)9-15-5-7-17(30)8-6-15/h5-8,11-13,16,18,20,30H,9-10H2,1-4H3,(H,24,35)(H,25,29)(H,26,33)(H,27,34)(H,31,32)/t13-,16-,18-,20+/m0/s1. The summed E-state index contributed by atoms with van der Waals surface area (Å²) in [7, 11) is 0. The predicted molar refractivity (Wildman–Crippen MR) is 124 cm³/mol. The topological polar surface area (TPSA) is 191 Å². The largest absolute Gasteiger partial charge is 0.508 e. The molecule has 35 heavy (non-hydrogen) atoms. The van der Waals surface area contributed by atoms with Crippen LogP contribution in [-0.4, -0.2) is 70.3 Å². The van der Waals surface area contributed by atoms with E-state index in [0.717, 1.165) is 0 Å². The molecule has 0 aromatic heterocycles. The van der Waals surface area contributed by atoms with Gasteiger partial charge in [0.1, 0.15) is 30.2 Å². The first-order chi connectivity index (χ1) is 16.3. The monoisotopic (exact) mass is 492 g/mol. The van der Waals surface area contributed by atoms with Crippen molar-refractivity contribution in [2.24, 2.45) is 5.92 Å². The van der Waals surface area contributed by atoms with E-state index in [1.54, 1.807) is 26.0 Å². The number of aliphatic carboxylic acids is 1. The molecule has 0 radical (unpaired) electrons. The fourth-order valence-corrected chi connectivity index (χ4v) is 3.11. The third-order valence-electron chi connectivity index (χ3n) is 4.96. The van der Waals surface area contributed by atoms with Gasteiger partial charge in [0.05, 0.1) is 12.5 Å². The number of nitrogens with one attached hydrogen (secondary N) is 4. The van der Waals surface area contributed by atoms with E-state index < -0.39 is 66.1 Å². The Balaban J connectivity index is 2.88. The van der Waals surface area contributed by atoms with Crippen LogP contribution in [0.15, 0.2) is 24.3 Å². The molecule has 12 heteroatoms. The fourth-order valence-electron chi connectivity index (χ4n) is 3.11. The molecule has 4 atom stereocenters. The number of carboxylic acid groups (broad SMARTS) is 1. The Morgan fingerprint density at radius 3 is 1.97 bits per heavy atom. The second kappa shape index (κ2) is 13.7. The third-order valence-corrected chi connectivity index (χ3v) is 4.96. The van der Waals surface area contributed by atoms with E-state index in [9.17, 15) is 33.9 Å². The lowest BCUT2D eigenvalue weighted by Crippen LogP contribution is -2.58. The van der Waals surface area contributed by atoms with E-state index in [2.05, 4.69) is 21.3 Å². The number of carboxylic acids is 1. The molecule has 0 heterocycles. The maximum absolute atomic E-state index is 12.9. The van der Waals surface area contributed by atoms with Crippen molar-refractivity contribution in [1.29, 1.82) is 0 Å². The molecule has 0 spiro atoms. The van der Waals surface area contributed by atoms with Crippen LogP contribution in [0.1, 0.15) is 39.7 Å². The first kappa shape index (κ1) is 29.1. The van der Waals surface area contributed by atoms with Crippen LogP contribution >= 0.6 is 0 Å². The summed E-state index contributed by atoms with van der Waals surface area (Å²) >= 11 is 0. The number of phenolic OH excluding ortho intramolecular Hbond substituents is 1. The normalized spacial score (nSPS) is 14.1. The number of aldehydes is 1. The van der Waals surface area contributed by atoms with Crippen molar-refractivity contribution < 1.29 is 39.0 Å². The molecule has 0 fully saturated rings. The van der Waals surface area contributed by atoms with Crippen molar-refractivity contribution in [3.8, 4) is 5.75 Å². The average Bonchev–Trinajstić information content (AvgIpc) is 2.76. The van der Waals surface area contributed by atoms with Crippen LogP contribution in [0.4, 0.5) is 0 Å². The minimum atomic E-state index is -1.28. The van der Waals surface area contributed by atoms with Crippen LogP contribution in [0.3, 0.4) is 0 Å². The Bertz CT molecular complexity index is 932. The quantitative estimate of drug-likeness (QED) is 0.194. The van der Waals surface area contributed by atoms with E-state index in [1.807, 2.05) is 0 Å². The zero-order valence-electron chi connectivity index (χ0n) is 20.0. The van der Waals surface area contributed by atoms with Crippen molar-refractivity contribution in [2.45, 2.75) is 64.7 Å². The molecule has 12 nitrogen and oxygen atoms in total. The summed E-state index contributed by atoms with van der Waals surface area (Å²) in [6.45, 7) is 5.96. The maximum Gasteiger partial charge on any atom is 0.305 e. The molecule has 0 aliphatic carbocycles. The van der Waals surface area contributed by atoms with E-state index in [1.165, 1.54) is 26.0 Å². The summed E-state index contributed by atoms with van der Waals surface area (Å²) in [4.78, 5) is 71.4. The number of rotatable bonds is 13. The van der Waals surface area contributed by atoms with Crippen LogP contribution in [0, 0.1) is 5.92 Å². The van der Waals surface area contributed by atoms with Gasteiger partial charge in [-0.25, -0.2) is 0 Å². The summed E-state index contributed by atoms with van der Waals surface area (Å²) < 4.78 is 0. The van der Waals surface area contributed by atoms with Crippen molar-refractivity contribution >= 4 is 35.9 Å². The molecule has 1 aromatic carbocycles. The summed E-state index contributed by atoms with van der Waals surface area (Å²) in [6, 6.07) is 1.65. The first-order valence-corrected chi connectivity index (χ1v) is 11.0. The summed E-state index contributed by atoms with van der Waals surface area (Å²) in [5.74, 6) is -4.14. The van der Waals surface area contributed by atoms with Gasteiger partial charge in [-0.2, -0.15) is 0 Å². The van der Waals surface area contributed by atoms with E-state index in [0.29, 0.717) is 5.56 Å². The van der Waals surface area contributed by atoms with Crippen molar-refractivity contribution in [2.75, 3.05) is 0 Å². The number of benzene rings is 1. The first-order valence-electron chi connectivity index (χ1n) is 11.0. The fraction of sp³-hybridized carbons (Fsp3) is 0.478. The second-order valence-electron chi connectivity index (χ2n) is 8.43. The Kier molecular flexibility index (Phi) is 11.4. The molecule has 0 aliphatic rings. The Hall–Kier alpha value is -3.96. The molecule has 0 bridgehead atoms. The number of amides is 4. The van der Waals surface area contributed by atoms with Crippen LogP contribution in [0.2, 0.25) is 0 Å². The summed E-state index contributed by atoms with van der Waals surface area (Å²) in [5.41, 5.74) is 0.665. The van der Waals surface area contributed by atoms with Gasteiger partial charge in [-0.05, 0) is 30.5 Å². The van der Waals surface area contributed by atoms with E-state index >= 15 is 0 Å². The number of carbonyl (C=O) groups excluding carboxylic acids is 5. The highest BCUT2D eigenvalue weighted by Gasteiger charge is 2.30. The molecule has 4 amide bonds. The van der Waals surface area contributed by atoms with Crippen molar-refractivity contribution in [3.63, 3.8) is 0 Å². The van der Waals surface area contributed by atoms with Gasteiger partial charge in [-0.1, -0.05) is 26.0 Å². The van der Waals surface area contributed by atoms with Gasteiger partial charge >= 0.3 is 5.97 Å². The highest BCUT2D eigenvalue weighted by Crippen LogP contribution is 2.12. The van der Waals surface area contributed by atoms with Crippen LogP contribution in [0.5, 0.6) is 5.75 Å². The van der Waals surface area contributed by atoms with Crippen LogP contribution < -0.4 is 21.3 Å². The van der Waals surface area contributed by atoms with Crippen LogP contribution in [0.25, 0.3) is 0 Å². The molecule has 0 saturated heterocycles. The zero-order chi connectivity index (χ0) is 26.7. The molecular weight excluding hydrogens is 460 g/mol. The third kappa shape index (κ3) is 10.2. The lowest BCUT2D eigenvalue weighted by molar-refractivity contribution is -0.139. The van der Waals surface area contributed by atoms with Gasteiger partial charge in [-0.3, -0.25) is 24.0 Å². The Labute approximate surface area is 202 Å². The number of hydrogen-bond acceptors (Lipinski definition) is 7. The van der Waals surface area contributed by atoms with Crippen molar-refractivity contribution in [1.82, 2.24) is 21.3 Å². The van der Waals surface area contributed by atoms with E-state index in [-0.39, 0.29) is 18.5 Å². The number of aromatic hydroxyl groups is 1. The van der Waals surface area contributed by atoms with Gasteiger partial charge in [0.15, 0.2) is 0 Å². The molecular formula is C23H32N4O8. The average molecular weight is 493 g/mol. The Morgan fingerprint density at radius 2 is 1.49 bits per heavy atom. The lowest BCUT2D eigenvalue weighted by Gasteiger charge is -2.26. The minimum Gasteiger partial charge on any atom is -0.508 e. The van der Waals surface area contributed by atoms with Gasteiger partial charge in [0.25, 0.3) is 0 Å². The SMILES string of the molecule is CC(=O)N[C@@H](Cc1ccc(O)cc1)C(=O)N[C@@H](C(=O)N[C@@H](C)C(=O)N[C@H](C=O)CC(=O)O)C(C)C. The van der Waals surface area contributed by atoms with Gasteiger partial charge < -0.3 is 36.3 Å². The van der Waals surface area contributed by atoms with Crippen molar-refractivity contribution in [3.05, 3.63) is 29.8 Å². The molecule has 0 aliphatic heterocycles. The number of carbonyl (C=O) groups is 6. The lowest BCUT2D eigenvalue weighted by atomic mass is 10.0. The predicted octanol–water partition coefficient (Wildman–Crippen LogP) is -0.757. The minimum absolute atomic E-state index is 0.0476. The van der Waals surface area contributed by atoms with Gasteiger partial charge in [0.2, 0.25) is 23.6 Å². The summed E-state index contributed by atoms with van der Waals surface area (Å²) in [6.07, 6.45) is -0.215. The highest BCUT2D eigenvalue weighted by atomic mass is 16.4. The molecule has 0 unspecified atom stereocenters. The smallest absolute Gasteiger partial charge is 0.305 e. The molecule has 6 N–H and O–H groups in total. The van der Waals surface area contributed by atoms with E-state index in [4.69, 9.17) is 5.11 Å². The van der Waals surface area contributed by atoms with Crippen LogP contribution in [-0.2, 0) is 35.2 Å². The van der Waals surface area contributed by atoms with Gasteiger partial charge in [-0.15, -0.1) is 0 Å². The molecule has 1 aromatic rings. The maximum atomic E-state index is 12.9. The number of hydrogen-bond donors (Lipinski definition) is 6. The molecule has 0 saturated carbocycles. The molecule has 1 rings (SSSR count). The number of phenols is 1. The molecule has 192 valence electrons. The van der Waals surface area contributed by atoms with Gasteiger partial charge in [0, 0.05) is 13.3 Å². The zero-order valence-corrected chi connectivity index (χ0v) is 20.0. The summed E-state index contributed by atoms with van der Waals surface area (Å²) in [5, 5.41) is 28.0. The second-order valence-corrected chi connectivity index (χ2v) is 8.43. The highest BCUT2D eigenvalue weighted by molar-refractivity contribution is 5.94. The Morgan fingerprint density at radius 1 is 0.886 bits per heavy atom.